The molecule has 1 aliphatic rings. The van der Waals surface area contributed by atoms with E-state index in [1.54, 1.807) is 0 Å². The molecule has 0 saturated heterocycles. The van der Waals surface area contributed by atoms with Gasteiger partial charge in [-0.05, 0) is 37.9 Å². The molecule has 15 heavy (non-hydrogen) atoms. The first kappa shape index (κ1) is 13.4. The first-order valence-electron chi connectivity index (χ1n) is 6.46. The molecular weight excluding hydrogens is 202 g/mol. The molecule has 1 saturated carbocycles. The van der Waals surface area contributed by atoms with E-state index in [-0.39, 0.29) is 0 Å². The maximum atomic E-state index is 3.86. The molecule has 3 atom stereocenters. The van der Waals surface area contributed by atoms with E-state index in [1.165, 1.54) is 32.1 Å². The molecular formula is C13H27NS. The summed E-state index contributed by atoms with van der Waals surface area (Å²) in [6, 6.07) is 1.50. The van der Waals surface area contributed by atoms with Crippen LogP contribution in [0.2, 0.25) is 0 Å². The van der Waals surface area contributed by atoms with Crippen LogP contribution in [0.4, 0.5) is 0 Å². The van der Waals surface area contributed by atoms with Crippen LogP contribution in [0.15, 0.2) is 0 Å². The van der Waals surface area contributed by atoms with Crippen molar-refractivity contribution in [3.8, 4) is 0 Å². The van der Waals surface area contributed by atoms with Crippen molar-refractivity contribution < 1.29 is 0 Å². The topological polar surface area (TPSA) is 12.0 Å². The molecule has 0 aliphatic heterocycles. The van der Waals surface area contributed by atoms with Crippen LogP contribution in [-0.4, -0.2) is 23.6 Å². The summed E-state index contributed by atoms with van der Waals surface area (Å²) in [4.78, 5) is 0. The maximum Gasteiger partial charge on any atom is 0.00900 e. The molecule has 0 aromatic rings. The van der Waals surface area contributed by atoms with E-state index in [1.807, 2.05) is 0 Å². The molecule has 2 heteroatoms. The summed E-state index contributed by atoms with van der Waals surface area (Å²) in [5.74, 6) is 0.768. The first-order valence-corrected chi connectivity index (χ1v) is 7.75. The predicted molar refractivity (Wildman–Crippen MR) is 71.6 cm³/mol. The molecule has 0 radical (unpaired) electrons. The van der Waals surface area contributed by atoms with Crippen molar-refractivity contribution in [2.75, 3.05) is 6.26 Å². The quantitative estimate of drug-likeness (QED) is 0.772. The number of rotatable bonds is 5. The Hall–Kier alpha value is 0.310. The highest BCUT2D eigenvalue weighted by Crippen LogP contribution is 2.27. The molecule has 0 heterocycles. The second-order valence-electron chi connectivity index (χ2n) is 5.15. The lowest BCUT2D eigenvalue weighted by Crippen LogP contribution is -2.43. The molecule has 0 amide bonds. The Bertz CT molecular complexity index is 170. The Labute approximate surface area is 99.8 Å². The molecule has 1 nitrogen and oxygen atoms in total. The number of nitrogens with one attached hydrogen (secondary N) is 1. The van der Waals surface area contributed by atoms with Crippen molar-refractivity contribution in [3.63, 3.8) is 0 Å². The Kier molecular flexibility index (Phi) is 6.06. The largest absolute Gasteiger partial charge is 0.311 e. The van der Waals surface area contributed by atoms with Gasteiger partial charge in [0.25, 0.3) is 0 Å². The van der Waals surface area contributed by atoms with Crippen LogP contribution >= 0.6 is 11.8 Å². The summed E-state index contributed by atoms with van der Waals surface area (Å²) in [6.45, 7) is 6.96. The first-order chi connectivity index (χ1) is 7.17. The summed E-state index contributed by atoms with van der Waals surface area (Å²) in [7, 11) is 0. The van der Waals surface area contributed by atoms with Crippen molar-refractivity contribution >= 4 is 11.8 Å². The molecule has 1 fully saturated rings. The third-order valence-electron chi connectivity index (χ3n) is 3.65. The van der Waals surface area contributed by atoms with E-state index in [0.717, 1.165) is 23.3 Å². The minimum Gasteiger partial charge on any atom is -0.311 e. The Balaban J connectivity index is 2.36. The minimum atomic E-state index is 0.718. The van der Waals surface area contributed by atoms with Gasteiger partial charge in [0.05, 0.1) is 0 Å². The van der Waals surface area contributed by atoms with Gasteiger partial charge < -0.3 is 5.32 Å². The van der Waals surface area contributed by atoms with Gasteiger partial charge in [-0.2, -0.15) is 11.8 Å². The Morgan fingerprint density at radius 3 is 2.60 bits per heavy atom. The molecule has 0 spiro atoms. The zero-order valence-corrected chi connectivity index (χ0v) is 11.6. The van der Waals surface area contributed by atoms with Gasteiger partial charge in [0, 0.05) is 17.3 Å². The molecule has 1 N–H and O–H groups in total. The second-order valence-corrected chi connectivity index (χ2v) is 6.28. The molecule has 1 rings (SSSR count). The van der Waals surface area contributed by atoms with Gasteiger partial charge in [-0.15, -0.1) is 0 Å². The van der Waals surface area contributed by atoms with Gasteiger partial charge in [-0.1, -0.05) is 27.2 Å². The van der Waals surface area contributed by atoms with Gasteiger partial charge in [0.1, 0.15) is 0 Å². The fourth-order valence-electron chi connectivity index (χ4n) is 2.59. The van der Waals surface area contributed by atoms with Crippen molar-refractivity contribution in [2.24, 2.45) is 5.92 Å². The third-order valence-corrected chi connectivity index (χ3v) is 4.75. The number of hydrogen-bond acceptors (Lipinski definition) is 2. The smallest absolute Gasteiger partial charge is 0.00900 e. The summed E-state index contributed by atoms with van der Waals surface area (Å²) >= 11 is 2.05. The zero-order chi connectivity index (χ0) is 11.3. The van der Waals surface area contributed by atoms with Crippen molar-refractivity contribution in [3.05, 3.63) is 0 Å². The Morgan fingerprint density at radius 1 is 1.33 bits per heavy atom. The SMILES string of the molecule is CCC(NC1CCCC(SC)C1)C(C)C. The predicted octanol–water partition coefficient (Wildman–Crippen LogP) is 3.68. The zero-order valence-electron chi connectivity index (χ0n) is 10.8. The third kappa shape index (κ3) is 4.36. The lowest BCUT2D eigenvalue weighted by atomic mass is 9.92. The van der Waals surface area contributed by atoms with E-state index in [4.69, 9.17) is 0 Å². The lowest BCUT2D eigenvalue weighted by molar-refractivity contribution is 0.295. The van der Waals surface area contributed by atoms with E-state index in [0.29, 0.717) is 0 Å². The molecule has 1 aliphatic carbocycles. The molecule has 3 unspecified atom stereocenters. The standard InChI is InChI=1S/C13H27NS/c1-5-13(10(2)3)14-11-7-6-8-12(9-11)15-4/h10-14H,5-9H2,1-4H3. The van der Waals surface area contributed by atoms with E-state index in [9.17, 15) is 0 Å². The average Bonchev–Trinajstić information content (AvgIpc) is 2.25. The number of hydrogen-bond donors (Lipinski definition) is 1. The lowest BCUT2D eigenvalue weighted by Gasteiger charge is -2.33. The van der Waals surface area contributed by atoms with Crippen LogP contribution in [-0.2, 0) is 0 Å². The van der Waals surface area contributed by atoms with Crippen molar-refractivity contribution in [2.45, 2.75) is 70.2 Å². The van der Waals surface area contributed by atoms with Gasteiger partial charge in [0.2, 0.25) is 0 Å². The summed E-state index contributed by atoms with van der Waals surface area (Å²) < 4.78 is 0. The van der Waals surface area contributed by atoms with Crippen LogP contribution in [0.1, 0.15) is 52.9 Å². The van der Waals surface area contributed by atoms with Crippen molar-refractivity contribution in [1.29, 1.82) is 0 Å². The normalized spacial score (nSPS) is 29.4. The van der Waals surface area contributed by atoms with E-state index < -0.39 is 0 Å². The maximum absolute atomic E-state index is 3.86. The average molecular weight is 229 g/mol. The molecule has 0 aromatic carbocycles. The van der Waals surface area contributed by atoms with E-state index in [2.05, 4.69) is 44.1 Å². The summed E-state index contributed by atoms with van der Waals surface area (Å²) in [5, 5.41) is 4.76. The highest BCUT2D eigenvalue weighted by atomic mass is 32.2. The van der Waals surface area contributed by atoms with Crippen LogP contribution < -0.4 is 5.32 Å². The van der Waals surface area contributed by atoms with Gasteiger partial charge >= 0.3 is 0 Å². The van der Waals surface area contributed by atoms with Crippen LogP contribution in [0, 0.1) is 5.92 Å². The molecule has 0 aromatic heterocycles. The molecule has 0 bridgehead atoms. The fourth-order valence-corrected chi connectivity index (χ4v) is 3.42. The van der Waals surface area contributed by atoms with Crippen LogP contribution in [0.3, 0.4) is 0 Å². The Morgan fingerprint density at radius 2 is 2.07 bits per heavy atom. The second kappa shape index (κ2) is 6.80. The summed E-state index contributed by atoms with van der Waals surface area (Å²) in [5.41, 5.74) is 0. The van der Waals surface area contributed by atoms with Gasteiger partial charge in [0.15, 0.2) is 0 Å². The van der Waals surface area contributed by atoms with Crippen LogP contribution in [0.5, 0.6) is 0 Å². The highest BCUT2D eigenvalue weighted by molar-refractivity contribution is 7.99. The highest BCUT2D eigenvalue weighted by Gasteiger charge is 2.23. The van der Waals surface area contributed by atoms with Crippen molar-refractivity contribution in [1.82, 2.24) is 5.32 Å². The fraction of sp³-hybridized carbons (Fsp3) is 1.00. The summed E-state index contributed by atoms with van der Waals surface area (Å²) in [6.07, 6.45) is 9.13. The molecule has 90 valence electrons. The van der Waals surface area contributed by atoms with Gasteiger partial charge in [-0.3, -0.25) is 0 Å². The minimum absolute atomic E-state index is 0.718. The monoisotopic (exact) mass is 229 g/mol. The van der Waals surface area contributed by atoms with Gasteiger partial charge in [-0.25, -0.2) is 0 Å². The van der Waals surface area contributed by atoms with E-state index >= 15 is 0 Å². The number of thioether (sulfide) groups is 1. The van der Waals surface area contributed by atoms with Crippen LogP contribution in [0.25, 0.3) is 0 Å².